The minimum Gasteiger partial charge on any atom is -0.306 e. The zero-order valence-corrected chi connectivity index (χ0v) is 14.8. The summed E-state index contributed by atoms with van der Waals surface area (Å²) in [6.45, 7) is 4.50. The monoisotopic (exact) mass is 389 g/mol. The second-order valence-electron chi connectivity index (χ2n) is 4.78. The van der Waals surface area contributed by atoms with Crippen LogP contribution in [0.1, 0.15) is 29.7 Å². The Kier molecular flexibility index (Phi) is 5.67. The van der Waals surface area contributed by atoms with Crippen LogP contribution in [0.4, 0.5) is 4.39 Å². The van der Waals surface area contributed by atoms with E-state index in [0.29, 0.717) is 15.6 Å². The van der Waals surface area contributed by atoms with E-state index in [1.54, 1.807) is 13.0 Å². The van der Waals surface area contributed by atoms with Crippen molar-refractivity contribution in [3.63, 3.8) is 0 Å². The van der Waals surface area contributed by atoms with Gasteiger partial charge in [0.05, 0.1) is 6.04 Å². The van der Waals surface area contributed by atoms with Gasteiger partial charge in [-0.25, -0.2) is 4.39 Å². The lowest BCUT2D eigenvalue weighted by Crippen LogP contribution is -2.23. The molecule has 0 aliphatic carbocycles. The molecule has 0 aromatic heterocycles. The molecule has 0 amide bonds. The van der Waals surface area contributed by atoms with E-state index >= 15 is 0 Å². The van der Waals surface area contributed by atoms with Crippen molar-refractivity contribution in [1.82, 2.24) is 5.32 Å². The molecule has 0 bridgehead atoms. The summed E-state index contributed by atoms with van der Waals surface area (Å²) < 4.78 is 14.5. The van der Waals surface area contributed by atoms with Crippen LogP contribution in [0.25, 0.3) is 0 Å². The van der Waals surface area contributed by atoms with Crippen molar-refractivity contribution in [2.75, 3.05) is 6.54 Å². The number of benzene rings is 2. The Balaban J connectivity index is 2.55. The molecule has 0 heterocycles. The topological polar surface area (TPSA) is 12.0 Å². The first-order chi connectivity index (χ1) is 9.93. The van der Waals surface area contributed by atoms with E-state index < -0.39 is 0 Å². The van der Waals surface area contributed by atoms with Crippen molar-refractivity contribution in [1.29, 1.82) is 0 Å². The summed E-state index contributed by atoms with van der Waals surface area (Å²) in [5.41, 5.74) is 2.43. The van der Waals surface area contributed by atoms with E-state index in [2.05, 4.69) is 21.2 Å². The molecule has 0 saturated heterocycles. The molecule has 112 valence electrons. The van der Waals surface area contributed by atoms with Gasteiger partial charge < -0.3 is 5.32 Å². The Morgan fingerprint density at radius 2 is 1.90 bits per heavy atom. The van der Waals surface area contributed by atoms with Gasteiger partial charge in [-0.2, -0.15) is 0 Å². The van der Waals surface area contributed by atoms with Gasteiger partial charge >= 0.3 is 0 Å². The molecule has 5 heteroatoms. The van der Waals surface area contributed by atoms with Gasteiger partial charge in [0.2, 0.25) is 0 Å². The molecule has 0 aliphatic rings. The predicted molar refractivity (Wildman–Crippen MR) is 90.8 cm³/mol. The summed E-state index contributed by atoms with van der Waals surface area (Å²) in [6, 6.07) is 8.62. The summed E-state index contributed by atoms with van der Waals surface area (Å²) in [6.07, 6.45) is 0. The maximum absolute atomic E-state index is 13.6. The molecular formula is C16H15BrCl2FN. The van der Waals surface area contributed by atoms with E-state index in [-0.39, 0.29) is 11.9 Å². The van der Waals surface area contributed by atoms with Gasteiger partial charge in [-0.05, 0) is 54.4 Å². The third-order valence-corrected chi connectivity index (χ3v) is 4.52. The summed E-state index contributed by atoms with van der Waals surface area (Å²) >= 11 is 15.8. The van der Waals surface area contributed by atoms with Gasteiger partial charge in [-0.3, -0.25) is 0 Å². The highest BCUT2D eigenvalue weighted by Crippen LogP contribution is 2.35. The third kappa shape index (κ3) is 3.78. The zero-order valence-electron chi connectivity index (χ0n) is 11.7. The van der Waals surface area contributed by atoms with E-state index in [1.807, 2.05) is 25.1 Å². The Morgan fingerprint density at radius 1 is 1.19 bits per heavy atom. The van der Waals surface area contributed by atoms with Gasteiger partial charge in [0.25, 0.3) is 0 Å². The normalized spacial score (nSPS) is 12.5. The van der Waals surface area contributed by atoms with Crippen molar-refractivity contribution in [2.45, 2.75) is 19.9 Å². The quantitative estimate of drug-likeness (QED) is 0.684. The van der Waals surface area contributed by atoms with Gasteiger partial charge in [-0.1, -0.05) is 52.1 Å². The molecule has 1 N–H and O–H groups in total. The number of hydrogen-bond donors (Lipinski definition) is 1. The molecule has 2 aromatic carbocycles. The number of aryl methyl sites for hydroxylation is 1. The average molecular weight is 391 g/mol. The molecule has 0 spiro atoms. The number of halogens is 4. The number of rotatable bonds is 4. The highest BCUT2D eigenvalue weighted by molar-refractivity contribution is 9.10. The summed E-state index contributed by atoms with van der Waals surface area (Å²) in [5.74, 6) is -0.297. The highest BCUT2D eigenvalue weighted by Gasteiger charge is 2.20. The van der Waals surface area contributed by atoms with Gasteiger partial charge in [0, 0.05) is 14.5 Å². The molecule has 2 rings (SSSR count). The maximum Gasteiger partial charge on any atom is 0.127 e. The zero-order chi connectivity index (χ0) is 15.6. The van der Waals surface area contributed by atoms with E-state index in [1.165, 1.54) is 6.07 Å². The lowest BCUT2D eigenvalue weighted by Gasteiger charge is -2.22. The van der Waals surface area contributed by atoms with Crippen LogP contribution in [0.15, 0.2) is 34.8 Å². The molecule has 21 heavy (non-hydrogen) atoms. The minimum atomic E-state index is -0.297. The number of hydrogen-bond acceptors (Lipinski definition) is 1. The Labute approximate surface area is 142 Å². The van der Waals surface area contributed by atoms with Gasteiger partial charge in [0.15, 0.2) is 0 Å². The highest BCUT2D eigenvalue weighted by atomic mass is 79.9. The fraction of sp³-hybridized carbons (Fsp3) is 0.250. The molecule has 0 fully saturated rings. The first-order valence-corrected chi connectivity index (χ1v) is 8.12. The fourth-order valence-electron chi connectivity index (χ4n) is 2.23. The van der Waals surface area contributed by atoms with Gasteiger partial charge in [0.1, 0.15) is 5.82 Å². The Bertz CT molecular complexity index is 661. The Morgan fingerprint density at radius 3 is 2.52 bits per heavy atom. The van der Waals surface area contributed by atoms with Crippen molar-refractivity contribution in [3.05, 3.63) is 67.4 Å². The SMILES string of the molecule is CCNC(c1cc(C)c(F)cc1Cl)c1ccc(Cl)cc1Br. The lowest BCUT2D eigenvalue weighted by atomic mass is 9.97. The van der Waals surface area contributed by atoms with Crippen LogP contribution >= 0.6 is 39.1 Å². The summed E-state index contributed by atoms with van der Waals surface area (Å²) in [5, 5.41) is 4.45. The van der Waals surface area contributed by atoms with Crippen molar-refractivity contribution in [3.8, 4) is 0 Å². The van der Waals surface area contributed by atoms with Crippen LogP contribution in [0, 0.1) is 12.7 Å². The van der Waals surface area contributed by atoms with Crippen LogP contribution in [-0.2, 0) is 0 Å². The van der Waals surface area contributed by atoms with E-state index in [9.17, 15) is 4.39 Å². The predicted octanol–water partition coefficient (Wildman–Crippen LogP) is 5.90. The second kappa shape index (κ2) is 7.10. The van der Waals surface area contributed by atoms with Crippen LogP contribution in [0.3, 0.4) is 0 Å². The lowest BCUT2D eigenvalue weighted by molar-refractivity contribution is 0.606. The standard InChI is InChI=1S/C16H15BrCl2FN/c1-3-21-16(11-5-4-10(18)7-13(11)17)12-6-9(2)15(20)8-14(12)19/h4-8,16,21H,3H2,1-2H3. The molecule has 1 atom stereocenters. The third-order valence-electron chi connectivity index (χ3n) is 3.27. The second-order valence-corrected chi connectivity index (χ2v) is 6.48. The number of nitrogens with one attached hydrogen (secondary N) is 1. The van der Waals surface area contributed by atoms with E-state index in [0.717, 1.165) is 22.1 Å². The molecule has 1 unspecified atom stereocenters. The molecule has 2 aromatic rings. The fourth-order valence-corrected chi connectivity index (χ4v) is 3.40. The first kappa shape index (κ1) is 16.8. The largest absolute Gasteiger partial charge is 0.306 e. The first-order valence-electron chi connectivity index (χ1n) is 6.58. The average Bonchev–Trinajstić information content (AvgIpc) is 2.41. The smallest absolute Gasteiger partial charge is 0.127 e. The molecule has 0 saturated carbocycles. The minimum absolute atomic E-state index is 0.131. The molecular weight excluding hydrogens is 376 g/mol. The van der Waals surface area contributed by atoms with Crippen molar-refractivity contribution >= 4 is 39.1 Å². The van der Waals surface area contributed by atoms with Crippen LogP contribution in [-0.4, -0.2) is 6.54 Å². The molecule has 0 aliphatic heterocycles. The van der Waals surface area contributed by atoms with E-state index in [4.69, 9.17) is 23.2 Å². The molecule has 0 radical (unpaired) electrons. The van der Waals surface area contributed by atoms with Crippen molar-refractivity contribution in [2.24, 2.45) is 0 Å². The van der Waals surface area contributed by atoms with Gasteiger partial charge in [-0.15, -0.1) is 0 Å². The summed E-state index contributed by atoms with van der Waals surface area (Å²) in [7, 11) is 0. The summed E-state index contributed by atoms with van der Waals surface area (Å²) in [4.78, 5) is 0. The Hall–Kier alpha value is -0.610. The maximum atomic E-state index is 13.6. The van der Waals surface area contributed by atoms with Crippen LogP contribution < -0.4 is 5.32 Å². The van der Waals surface area contributed by atoms with Crippen molar-refractivity contribution < 1.29 is 4.39 Å². The molecule has 1 nitrogen and oxygen atoms in total. The van der Waals surface area contributed by atoms with Crippen LogP contribution in [0.5, 0.6) is 0 Å². The van der Waals surface area contributed by atoms with Crippen LogP contribution in [0.2, 0.25) is 10.0 Å².